The molecule has 1 aromatic carbocycles. The largest absolute Gasteiger partial charge is 0.481 e. The van der Waals surface area contributed by atoms with Crippen LogP contribution in [0.25, 0.3) is 0 Å². The number of benzene rings is 1. The van der Waals surface area contributed by atoms with Crippen molar-refractivity contribution in [3.63, 3.8) is 0 Å². The summed E-state index contributed by atoms with van der Waals surface area (Å²) in [5, 5.41) is 19.3. The molecule has 4 aliphatic rings. The second-order valence-corrected chi connectivity index (χ2v) is 11.4. The van der Waals surface area contributed by atoms with Crippen LogP contribution in [-0.4, -0.2) is 53.7 Å². The van der Waals surface area contributed by atoms with Gasteiger partial charge in [0.15, 0.2) is 0 Å². The lowest BCUT2D eigenvalue weighted by atomic mass is 9.71. The summed E-state index contributed by atoms with van der Waals surface area (Å²) >= 11 is 0. The zero-order valence-corrected chi connectivity index (χ0v) is 20.4. The first-order valence-electron chi connectivity index (χ1n) is 11.5. The molecule has 0 bridgehead atoms. The van der Waals surface area contributed by atoms with E-state index in [2.05, 4.69) is 0 Å². The van der Waals surface area contributed by atoms with Gasteiger partial charge in [0.1, 0.15) is 6.10 Å². The first kappa shape index (κ1) is 24.3. The number of carboxylic acid groups (broad SMARTS) is 2. The first-order valence-corrected chi connectivity index (χ1v) is 13.0. The minimum Gasteiger partial charge on any atom is -0.481 e. The van der Waals surface area contributed by atoms with Crippen LogP contribution in [0.15, 0.2) is 57.7 Å². The fourth-order valence-electron chi connectivity index (χ4n) is 6.01. The van der Waals surface area contributed by atoms with Crippen LogP contribution in [0.1, 0.15) is 38.7 Å². The van der Waals surface area contributed by atoms with Crippen molar-refractivity contribution in [3.8, 4) is 0 Å². The van der Waals surface area contributed by atoms with Gasteiger partial charge in [0.05, 0.1) is 17.2 Å². The number of hydrogen-bond donors (Lipinski definition) is 3. The van der Waals surface area contributed by atoms with Gasteiger partial charge in [0.2, 0.25) is 0 Å². The van der Waals surface area contributed by atoms with E-state index in [0.717, 1.165) is 17.0 Å². The van der Waals surface area contributed by atoms with Gasteiger partial charge in [-0.15, -0.1) is 0 Å². The molecule has 0 radical (unpaired) electrons. The number of carboxylic acids is 2. The van der Waals surface area contributed by atoms with Crippen LogP contribution in [0.3, 0.4) is 0 Å². The molecule has 0 aromatic heterocycles. The Morgan fingerprint density at radius 2 is 1.89 bits per heavy atom. The molecule has 1 aliphatic carbocycles. The molecule has 5 rings (SSSR count). The molecule has 0 spiro atoms. The summed E-state index contributed by atoms with van der Waals surface area (Å²) in [6, 6.07) is 4.41. The summed E-state index contributed by atoms with van der Waals surface area (Å²) in [7, 11) is -4.43. The van der Waals surface area contributed by atoms with Crippen molar-refractivity contribution in [1.82, 2.24) is 0 Å². The summed E-state index contributed by atoms with van der Waals surface area (Å²) < 4.78 is 38.9. The maximum Gasteiger partial charge on any atom is 0.331 e. The van der Waals surface area contributed by atoms with E-state index in [-0.39, 0.29) is 23.3 Å². The number of aliphatic carboxylic acids is 2. The van der Waals surface area contributed by atoms with E-state index >= 15 is 0 Å². The zero-order valence-electron chi connectivity index (χ0n) is 19.6. The molecule has 3 atom stereocenters. The highest BCUT2D eigenvalue weighted by Gasteiger charge is 2.50. The molecule has 1 fully saturated rings. The highest BCUT2D eigenvalue weighted by Crippen LogP contribution is 2.55. The highest BCUT2D eigenvalue weighted by atomic mass is 32.2. The second-order valence-electron chi connectivity index (χ2n) is 10.0. The van der Waals surface area contributed by atoms with Gasteiger partial charge in [0, 0.05) is 41.3 Å². The highest BCUT2D eigenvalue weighted by molar-refractivity contribution is 7.85. The number of carbonyl (C=O) groups excluding carboxylic acids is 1. The molecule has 1 saturated heterocycles. The summed E-state index contributed by atoms with van der Waals surface area (Å²) in [5.41, 5.74) is 2.56. The number of anilines is 1. The Balaban J connectivity index is 1.72. The van der Waals surface area contributed by atoms with Crippen molar-refractivity contribution in [3.05, 3.63) is 58.3 Å². The fourth-order valence-corrected chi connectivity index (χ4v) is 6.51. The molecular formula is C25H25NO9S. The van der Waals surface area contributed by atoms with Crippen LogP contribution < -0.4 is 4.90 Å². The SMILES string of the molecule is CC1(C)C2=C3C(CCN2c2ccc(S(=O)(=O)O)cc21)OC(=O)CC3C1=C(C(=O)O)CC(C(=O)O)C=C1. The Labute approximate surface area is 207 Å². The minimum atomic E-state index is -4.43. The van der Waals surface area contributed by atoms with E-state index in [9.17, 15) is 37.6 Å². The number of hydrogen-bond acceptors (Lipinski definition) is 7. The van der Waals surface area contributed by atoms with E-state index in [1.165, 1.54) is 24.3 Å². The summed E-state index contributed by atoms with van der Waals surface area (Å²) in [6.07, 6.45) is 2.53. The van der Waals surface area contributed by atoms with Gasteiger partial charge in [-0.3, -0.25) is 14.1 Å². The minimum absolute atomic E-state index is 0.0458. The molecule has 3 N–H and O–H groups in total. The molecule has 3 aliphatic heterocycles. The molecule has 0 saturated carbocycles. The molecule has 1 aromatic rings. The Morgan fingerprint density at radius 3 is 2.53 bits per heavy atom. The lowest BCUT2D eigenvalue weighted by Crippen LogP contribution is -2.45. The van der Waals surface area contributed by atoms with Crippen molar-refractivity contribution in [2.24, 2.45) is 11.8 Å². The number of ether oxygens (including phenoxy) is 1. The van der Waals surface area contributed by atoms with Gasteiger partial charge in [0.25, 0.3) is 10.1 Å². The number of nitrogens with zero attached hydrogens (tertiary/aromatic N) is 1. The van der Waals surface area contributed by atoms with E-state index < -0.39 is 51.4 Å². The molecular weight excluding hydrogens is 490 g/mol. The van der Waals surface area contributed by atoms with Crippen LogP contribution in [0.4, 0.5) is 5.69 Å². The predicted molar refractivity (Wildman–Crippen MR) is 126 cm³/mol. The van der Waals surface area contributed by atoms with E-state index in [1.54, 1.807) is 6.07 Å². The Kier molecular flexibility index (Phi) is 5.42. The topological polar surface area (TPSA) is 159 Å². The number of allylic oxidation sites excluding steroid dienone is 3. The number of carbonyl (C=O) groups is 3. The molecule has 11 heteroatoms. The van der Waals surface area contributed by atoms with Crippen LogP contribution >= 0.6 is 0 Å². The van der Waals surface area contributed by atoms with Gasteiger partial charge in [-0.05, 0) is 41.3 Å². The third-order valence-electron chi connectivity index (χ3n) is 7.58. The van der Waals surface area contributed by atoms with Crippen molar-refractivity contribution in [1.29, 1.82) is 0 Å². The average Bonchev–Trinajstić information content (AvgIpc) is 3.03. The van der Waals surface area contributed by atoms with Gasteiger partial charge in [-0.2, -0.15) is 8.42 Å². The molecule has 0 amide bonds. The van der Waals surface area contributed by atoms with Crippen LogP contribution in [0.2, 0.25) is 0 Å². The van der Waals surface area contributed by atoms with Crippen molar-refractivity contribution in [2.75, 3.05) is 11.4 Å². The summed E-state index contributed by atoms with van der Waals surface area (Å²) in [4.78, 5) is 38.1. The van der Waals surface area contributed by atoms with Crippen molar-refractivity contribution in [2.45, 2.75) is 49.5 Å². The molecule has 10 nitrogen and oxygen atoms in total. The van der Waals surface area contributed by atoms with Gasteiger partial charge in [-0.25, -0.2) is 4.79 Å². The smallest absolute Gasteiger partial charge is 0.331 e. The Morgan fingerprint density at radius 1 is 1.17 bits per heavy atom. The standard InChI is InChI=1S/C25H25NO9S/c1-25(2)17-10-13(36(32,33)34)4-6-18(17)26-8-7-19-21(22(25)26)15(11-20(27)35-19)14-5-3-12(23(28)29)9-16(14)24(30)31/h3-6,10,12,15,19H,7-9,11H2,1-2H3,(H,28,29)(H,30,31)(H,32,33,34). The van der Waals surface area contributed by atoms with Crippen molar-refractivity contribution < 1.29 is 42.3 Å². The predicted octanol–water partition coefficient (Wildman–Crippen LogP) is 2.66. The third-order valence-corrected chi connectivity index (χ3v) is 8.43. The molecule has 190 valence electrons. The molecule has 36 heavy (non-hydrogen) atoms. The van der Waals surface area contributed by atoms with Gasteiger partial charge in [-0.1, -0.05) is 26.0 Å². The zero-order chi connectivity index (χ0) is 26.2. The average molecular weight is 516 g/mol. The maximum absolute atomic E-state index is 12.6. The van der Waals surface area contributed by atoms with Gasteiger partial charge < -0.3 is 19.8 Å². The van der Waals surface area contributed by atoms with Crippen LogP contribution in [0, 0.1) is 11.8 Å². The number of rotatable bonds is 4. The number of esters is 1. The monoisotopic (exact) mass is 515 g/mol. The lowest BCUT2D eigenvalue weighted by molar-refractivity contribution is -0.152. The van der Waals surface area contributed by atoms with Gasteiger partial charge >= 0.3 is 17.9 Å². The van der Waals surface area contributed by atoms with Crippen LogP contribution in [-0.2, 0) is 34.7 Å². The number of fused-ring (bicyclic) bond motifs is 4. The Hall–Kier alpha value is -3.44. The van der Waals surface area contributed by atoms with E-state index in [1.807, 2.05) is 18.7 Å². The normalized spacial score (nSPS) is 26.8. The molecule has 3 unspecified atom stereocenters. The third kappa shape index (κ3) is 3.65. The summed E-state index contributed by atoms with van der Waals surface area (Å²) in [5.74, 6) is -4.44. The molecule has 3 heterocycles. The summed E-state index contributed by atoms with van der Waals surface area (Å²) in [6.45, 7) is 4.30. The lowest BCUT2D eigenvalue weighted by Gasteiger charge is -2.44. The Bertz CT molecular complexity index is 1420. The van der Waals surface area contributed by atoms with E-state index in [0.29, 0.717) is 24.1 Å². The maximum atomic E-state index is 12.6. The van der Waals surface area contributed by atoms with E-state index in [4.69, 9.17) is 4.74 Å². The van der Waals surface area contributed by atoms with Crippen LogP contribution in [0.5, 0.6) is 0 Å². The van der Waals surface area contributed by atoms with Crippen molar-refractivity contribution >= 4 is 33.7 Å². The fraction of sp³-hybridized carbons (Fsp3) is 0.400. The quantitative estimate of drug-likeness (QED) is 0.402. The first-order chi connectivity index (χ1) is 16.8. The second kappa shape index (κ2) is 8.04.